The molecule has 6 aromatic rings. The van der Waals surface area contributed by atoms with Gasteiger partial charge in [-0.2, -0.15) is 34.0 Å². The number of rotatable bonds is 1. The van der Waals surface area contributed by atoms with E-state index in [1.54, 1.807) is 34.9 Å². The monoisotopic (exact) mass is 785 g/mol. The molecule has 0 fully saturated rings. The van der Waals surface area contributed by atoms with Crippen molar-refractivity contribution in [3.63, 3.8) is 0 Å². The van der Waals surface area contributed by atoms with E-state index in [9.17, 15) is 10.1 Å². The maximum atomic E-state index is 10.3. The Morgan fingerprint density at radius 3 is 1.82 bits per heavy atom. The first kappa shape index (κ1) is 41.9. The van der Waals surface area contributed by atoms with Gasteiger partial charge in [0.2, 0.25) is 5.69 Å². The Morgan fingerprint density at radius 1 is 0.789 bits per heavy atom. The third kappa shape index (κ3) is 11.5. The number of nitro groups is 1. The molecular formula is C24H18N6O2S3Y3-6. The van der Waals surface area contributed by atoms with Gasteiger partial charge < -0.3 is 42.2 Å². The smallest absolute Gasteiger partial charge is 0.208 e. The molecule has 0 aliphatic carbocycles. The zero-order valence-corrected chi connectivity index (χ0v) is 31.6. The fraction of sp³-hybridized carbons (Fsp3) is 0. The van der Waals surface area contributed by atoms with Gasteiger partial charge in [0, 0.05) is 130 Å². The van der Waals surface area contributed by atoms with E-state index in [-0.39, 0.29) is 126 Å². The van der Waals surface area contributed by atoms with E-state index in [1.165, 1.54) is 23.9 Å². The first-order valence-electron chi connectivity index (χ1n) is 8.73. The molecular weight excluding hydrogens is 767 g/mol. The Morgan fingerprint density at radius 2 is 1.29 bits per heavy atom. The van der Waals surface area contributed by atoms with E-state index in [4.69, 9.17) is 6.57 Å². The number of nitrogens with zero attached hydrogens (tertiary/aromatic N) is 6. The molecule has 6 heterocycles. The van der Waals surface area contributed by atoms with Crippen molar-refractivity contribution in [3.8, 4) is 0 Å². The average molecular weight is 785 g/mol. The Balaban J connectivity index is -0.000000451. The largest absolute Gasteiger partial charge is 0.358 e. The van der Waals surface area contributed by atoms with E-state index in [2.05, 4.69) is 43.1 Å². The van der Waals surface area contributed by atoms with E-state index in [0.29, 0.717) is 11.1 Å². The SMILES string of the molecule is O=[N+]([O-])c1[c-]c2ccsc2nc1.[C-]#[N+]c1[c-]c2ccsc2nc1.[CH3-].[CH3-].[CH3-].[Y].[Y].[Y].[c-]1ncnc2sccc12. The second-order valence-electron chi connectivity index (χ2n) is 5.81. The predicted octanol–water partition coefficient (Wildman–Crippen LogP) is 7.49. The molecule has 0 bridgehead atoms. The van der Waals surface area contributed by atoms with Crippen molar-refractivity contribution in [2.75, 3.05) is 0 Å². The van der Waals surface area contributed by atoms with Crippen LogP contribution >= 0.6 is 34.0 Å². The van der Waals surface area contributed by atoms with Gasteiger partial charge in [0.25, 0.3) is 0 Å². The number of hydrogen-bond acceptors (Lipinski definition) is 9. The van der Waals surface area contributed by atoms with Gasteiger partial charge in [0.05, 0.1) is 6.57 Å². The second kappa shape index (κ2) is 21.2. The minimum absolute atomic E-state index is 0. The zero-order valence-electron chi connectivity index (χ0n) is 20.7. The average Bonchev–Trinajstić information content (AvgIpc) is 3.59. The van der Waals surface area contributed by atoms with Crippen molar-refractivity contribution in [1.29, 1.82) is 0 Å². The first-order chi connectivity index (χ1) is 15.6. The van der Waals surface area contributed by atoms with Gasteiger partial charge in [-0.3, -0.25) is 15.0 Å². The fourth-order valence-corrected chi connectivity index (χ4v) is 4.46. The van der Waals surface area contributed by atoms with Crippen LogP contribution in [0.2, 0.25) is 0 Å². The van der Waals surface area contributed by atoms with Crippen LogP contribution in [-0.2, 0) is 98.1 Å². The first-order valence-corrected chi connectivity index (χ1v) is 11.4. The molecule has 0 saturated carbocycles. The maximum absolute atomic E-state index is 10.3. The van der Waals surface area contributed by atoms with Crippen molar-refractivity contribution < 1.29 is 103 Å². The molecule has 0 aliphatic heterocycles. The summed E-state index contributed by atoms with van der Waals surface area (Å²) in [6.07, 6.45) is 7.11. The molecule has 14 heteroatoms. The van der Waals surface area contributed by atoms with Crippen LogP contribution in [0, 0.1) is 57.3 Å². The minimum Gasteiger partial charge on any atom is -0.358 e. The van der Waals surface area contributed by atoms with E-state index in [1.807, 2.05) is 28.3 Å². The Kier molecular flexibility index (Phi) is 23.4. The van der Waals surface area contributed by atoms with Gasteiger partial charge in [-0.1, -0.05) is 33.8 Å². The molecule has 0 amide bonds. The molecule has 0 unspecified atom stereocenters. The summed E-state index contributed by atoms with van der Waals surface area (Å²) in [4.78, 5) is 31.5. The summed E-state index contributed by atoms with van der Waals surface area (Å²) in [5.41, 5.74) is 0.400. The van der Waals surface area contributed by atoms with E-state index >= 15 is 0 Å². The molecule has 6 aromatic heterocycles. The Labute approximate surface area is 309 Å². The minimum atomic E-state index is -0.496. The molecule has 0 spiro atoms. The summed E-state index contributed by atoms with van der Waals surface area (Å²) in [6, 6.07) is 11.2. The molecule has 6 rings (SSSR count). The number of hydrogen-bond donors (Lipinski definition) is 0. The van der Waals surface area contributed by atoms with Crippen LogP contribution in [0.5, 0.6) is 0 Å². The van der Waals surface area contributed by atoms with Gasteiger partial charge in [-0.25, -0.2) is 0 Å². The third-order valence-corrected chi connectivity index (χ3v) is 6.27. The van der Waals surface area contributed by atoms with Crippen LogP contribution in [0.3, 0.4) is 0 Å². The number of fused-ring (bicyclic) bond motifs is 3. The van der Waals surface area contributed by atoms with Crippen molar-refractivity contribution in [2.24, 2.45) is 0 Å². The van der Waals surface area contributed by atoms with Crippen LogP contribution in [0.1, 0.15) is 0 Å². The molecule has 0 aliphatic rings. The van der Waals surface area contributed by atoms with E-state index < -0.39 is 4.92 Å². The van der Waals surface area contributed by atoms with Crippen molar-refractivity contribution >= 4 is 76.0 Å². The number of pyridine rings is 2. The van der Waals surface area contributed by atoms with Gasteiger partial charge in [0.15, 0.2) is 0 Å². The van der Waals surface area contributed by atoms with E-state index in [0.717, 1.165) is 25.3 Å². The third-order valence-electron chi connectivity index (χ3n) is 3.80. The molecule has 3 radical (unpaired) electrons. The van der Waals surface area contributed by atoms with Crippen LogP contribution in [0.15, 0.2) is 53.1 Å². The van der Waals surface area contributed by atoms with Crippen LogP contribution in [0.4, 0.5) is 11.4 Å². The summed E-state index contributed by atoms with van der Waals surface area (Å²) in [5, 5.41) is 18.7. The fourth-order valence-electron chi connectivity index (χ4n) is 2.39. The molecule has 0 aromatic carbocycles. The van der Waals surface area contributed by atoms with Gasteiger partial charge in [-0.05, 0) is 6.20 Å². The second-order valence-corrected chi connectivity index (χ2v) is 8.49. The van der Waals surface area contributed by atoms with Crippen LogP contribution < -0.4 is 0 Å². The van der Waals surface area contributed by atoms with Crippen molar-refractivity contribution in [2.45, 2.75) is 0 Å². The van der Waals surface area contributed by atoms with Crippen LogP contribution in [-0.4, -0.2) is 24.9 Å². The maximum Gasteiger partial charge on any atom is 0.208 e. The summed E-state index contributed by atoms with van der Waals surface area (Å²) < 4.78 is 0. The number of aromatic nitrogens is 4. The van der Waals surface area contributed by atoms with Crippen molar-refractivity contribution in [3.05, 3.63) is 115 Å². The summed E-state index contributed by atoms with van der Waals surface area (Å²) >= 11 is 4.61. The molecule has 38 heavy (non-hydrogen) atoms. The van der Waals surface area contributed by atoms with Crippen LogP contribution in [0.25, 0.3) is 35.5 Å². The van der Waals surface area contributed by atoms with Crippen molar-refractivity contribution in [1.82, 2.24) is 19.9 Å². The molecule has 0 N–H and O–H groups in total. The quantitative estimate of drug-likeness (QED) is 0.0975. The van der Waals surface area contributed by atoms with Gasteiger partial charge in [0.1, 0.15) is 5.69 Å². The summed E-state index contributed by atoms with van der Waals surface area (Å²) in [7, 11) is 0. The topological polar surface area (TPSA) is 99.1 Å². The summed E-state index contributed by atoms with van der Waals surface area (Å²) in [6.45, 7) is 6.73. The van der Waals surface area contributed by atoms with Gasteiger partial charge >= 0.3 is 0 Å². The molecule has 0 saturated heterocycles. The number of thiophene rings is 3. The molecule has 0 atom stereocenters. The summed E-state index contributed by atoms with van der Waals surface area (Å²) in [5.74, 6) is 0. The molecule has 189 valence electrons. The van der Waals surface area contributed by atoms with Gasteiger partial charge in [-0.15, -0.1) is 35.0 Å². The molecule has 8 nitrogen and oxygen atoms in total. The Bertz CT molecular complexity index is 1540. The standard InChI is InChI=1S/C8H3N2S.C7H3N2O2S.C6H3N2S.3CH3.3Y/c1-9-7-4-6-2-3-11-8(6)10-5-7;10-9(11)6-3-5-1-2-12-7(5)8-4-6;1-2-9-6-5(1)3-7-4-8-6;;;;;;/h2-3,5H;1-2,4H;1-2,4H;3*1H3;;;/q6*-1;;;. The predicted molar refractivity (Wildman–Crippen MR) is 145 cm³/mol. The zero-order chi connectivity index (χ0) is 22.3. The Hall–Kier alpha value is -0.538. The normalized spacial score (nSPS) is 8.50.